The lowest BCUT2D eigenvalue weighted by atomic mass is 9.61. The van der Waals surface area contributed by atoms with Crippen LogP contribution in [-0.2, 0) is 28.5 Å². The van der Waals surface area contributed by atoms with E-state index in [4.69, 9.17) is 18.9 Å². The monoisotopic (exact) mass is 715 g/mol. The van der Waals surface area contributed by atoms with E-state index in [1.807, 2.05) is 0 Å². The topological polar surface area (TPSA) is 208 Å². The van der Waals surface area contributed by atoms with E-state index in [0.29, 0.717) is 30.1 Å². The number of fused-ring (bicyclic) bond motifs is 2. The molecular formula is C38H53NO12. The first-order valence-electron chi connectivity index (χ1n) is 18.3. The number of esters is 1. The van der Waals surface area contributed by atoms with Crippen molar-refractivity contribution in [1.29, 1.82) is 0 Å². The highest BCUT2D eigenvalue weighted by atomic mass is 16.7. The number of carboxylic acid groups (broad SMARTS) is 1. The van der Waals surface area contributed by atoms with Crippen LogP contribution < -0.4 is 10.6 Å². The van der Waals surface area contributed by atoms with Crippen LogP contribution in [0.25, 0.3) is 11.3 Å². The number of aliphatic hydroxyl groups is 5. The van der Waals surface area contributed by atoms with Crippen LogP contribution in [0.2, 0.25) is 0 Å². The van der Waals surface area contributed by atoms with Crippen molar-refractivity contribution in [2.45, 2.75) is 119 Å². The lowest BCUT2D eigenvalue weighted by Gasteiger charge is -2.64. The minimum Gasteiger partial charge on any atom is -0.481 e. The van der Waals surface area contributed by atoms with Crippen molar-refractivity contribution < 1.29 is 59.2 Å². The van der Waals surface area contributed by atoms with Crippen LogP contribution in [0.1, 0.15) is 89.2 Å². The number of ether oxygens (including phenoxy) is 4. The van der Waals surface area contributed by atoms with Crippen molar-refractivity contribution in [3.05, 3.63) is 46.6 Å². The third kappa shape index (κ3) is 6.08. The first-order valence-corrected chi connectivity index (χ1v) is 18.3. The molecule has 9 unspecified atom stereocenters. The molecule has 2 aliphatic heterocycles. The average molecular weight is 716 g/mol. The molecule has 7 N–H and O–H groups in total. The molecule has 13 nitrogen and oxygen atoms in total. The Morgan fingerprint density at radius 2 is 1.94 bits per heavy atom. The predicted molar refractivity (Wildman–Crippen MR) is 183 cm³/mol. The summed E-state index contributed by atoms with van der Waals surface area (Å²) in [5.74, 6) is -4.63. The number of aliphatic hydroxyl groups excluding tert-OH is 4. The molecule has 3 heterocycles. The van der Waals surface area contributed by atoms with Crippen LogP contribution in [0.4, 0.5) is 0 Å². The maximum atomic E-state index is 12.6. The molecule has 2 saturated carbocycles. The number of carbonyl (C=O) groups is 2. The highest BCUT2D eigenvalue weighted by Gasteiger charge is 2.75. The van der Waals surface area contributed by atoms with E-state index in [1.54, 1.807) is 0 Å². The molecule has 1 aromatic rings. The number of rotatable bonds is 13. The molecule has 0 radical (unpaired) electrons. The van der Waals surface area contributed by atoms with Crippen molar-refractivity contribution in [2.24, 2.45) is 17.8 Å². The molecule has 51 heavy (non-hydrogen) atoms. The second-order valence-corrected chi connectivity index (χ2v) is 14.9. The molecule has 5 aliphatic rings. The van der Waals surface area contributed by atoms with Gasteiger partial charge in [0.1, 0.15) is 24.6 Å². The number of methoxy groups -OCH3 is 1. The molecule has 1 saturated heterocycles. The van der Waals surface area contributed by atoms with Crippen LogP contribution in [0.15, 0.2) is 30.4 Å². The third-order valence-corrected chi connectivity index (χ3v) is 12.4. The van der Waals surface area contributed by atoms with Crippen LogP contribution in [0.3, 0.4) is 0 Å². The third-order valence-electron chi connectivity index (χ3n) is 12.4. The molecule has 3 fully saturated rings. The Balaban J connectivity index is 1.42. The smallest absolute Gasteiger partial charge is 0.333 e. The number of hydrogen-bond acceptors (Lipinski definition) is 11. The van der Waals surface area contributed by atoms with E-state index >= 15 is 0 Å². The Labute approximate surface area is 297 Å². The Morgan fingerprint density at radius 1 is 1.20 bits per heavy atom. The van der Waals surface area contributed by atoms with Crippen molar-refractivity contribution in [3.63, 3.8) is 0 Å². The standard InChI is InChI=1S/C38H53NO12/c1-4-23-25(18-32(43)44)24(34(45)48-3)12-13-29(23)49-37(20-42)36(47)15-14-27-26-17-28(21(2)22-9-6-5-7-10-22)39-33(26)30(11-8-16-40)50-38(27,35(36)46)31(19-41)51-37/h4,12,17,21-23,25,29,31,35,39-42,46-47H,1,5-11,13-16,18-20H2,2-3H3,(H,43,44). The van der Waals surface area contributed by atoms with Gasteiger partial charge in [-0.3, -0.25) is 4.79 Å². The summed E-state index contributed by atoms with van der Waals surface area (Å²) in [4.78, 5) is 28.1. The van der Waals surface area contributed by atoms with Crippen LogP contribution in [0.5, 0.6) is 0 Å². The molecule has 0 aromatic carbocycles. The fraction of sp³-hybridized carbons (Fsp3) is 0.684. The van der Waals surface area contributed by atoms with Gasteiger partial charge in [0.2, 0.25) is 5.79 Å². The molecule has 0 amide bonds. The number of hydrogen-bond donors (Lipinski definition) is 7. The van der Waals surface area contributed by atoms with Gasteiger partial charge in [-0.1, -0.05) is 38.3 Å². The zero-order valence-corrected chi connectivity index (χ0v) is 29.5. The highest BCUT2D eigenvalue weighted by Crippen LogP contribution is 2.57. The predicted octanol–water partition coefficient (Wildman–Crippen LogP) is 1.25. The van der Waals surface area contributed by atoms with Gasteiger partial charge in [0, 0.05) is 41.3 Å². The molecular weight excluding hydrogens is 662 g/mol. The summed E-state index contributed by atoms with van der Waals surface area (Å²) in [6.07, 6.45) is 5.22. The molecule has 13 heteroatoms. The Kier molecular flexibility index (Phi) is 10.9. The zero-order valence-electron chi connectivity index (χ0n) is 29.5. The van der Waals surface area contributed by atoms with Gasteiger partial charge >= 0.3 is 11.9 Å². The van der Waals surface area contributed by atoms with Gasteiger partial charge in [-0.25, -0.2) is 4.79 Å². The van der Waals surface area contributed by atoms with E-state index in [2.05, 4.69) is 24.6 Å². The SMILES string of the molecule is C=CC1C(OC2(CO)OC(CO)C34OC(CCCO)=c5[nH]c(C(C)C6CCCCC6)cc5=C3CCC2(O)C4O)CC=C(C(=O)OC)C1CC(=O)O. The molecule has 282 valence electrons. The summed E-state index contributed by atoms with van der Waals surface area (Å²) in [6, 6.07) is 2.09. The van der Waals surface area contributed by atoms with Gasteiger partial charge in [-0.05, 0) is 62.0 Å². The molecule has 2 bridgehead atoms. The van der Waals surface area contributed by atoms with E-state index in [9.17, 15) is 40.2 Å². The number of carboxylic acids is 1. The molecule has 1 aromatic heterocycles. The van der Waals surface area contributed by atoms with E-state index in [-0.39, 0.29) is 37.4 Å². The summed E-state index contributed by atoms with van der Waals surface area (Å²) >= 11 is 0. The minimum atomic E-state index is -2.29. The van der Waals surface area contributed by atoms with Crippen molar-refractivity contribution >= 4 is 23.3 Å². The van der Waals surface area contributed by atoms with Crippen molar-refractivity contribution in [1.82, 2.24) is 4.98 Å². The lowest BCUT2D eigenvalue weighted by Crippen LogP contribution is -2.83. The highest BCUT2D eigenvalue weighted by molar-refractivity contribution is 5.90. The number of H-pyrrole nitrogens is 1. The van der Waals surface area contributed by atoms with Crippen molar-refractivity contribution in [3.8, 4) is 0 Å². The maximum absolute atomic E-state index is 12.6. The number of aromatic nitrogens is 1. The van der Waals surface area contributed by atoms with Gasteiger partial charge in [0.05, 0.1) is 31.6 Å². The fourth-order valence-corrected chi connectivity index (χ4v) is 9.63. The zero-order chi connectivity index (χ0) is 36.7. The van der Waals surface area contributed by atoms with Gasteiger partial charge < -0.3 is 54.6 Å². The average Bonchev–Trinajstić information content (AvgIpc) is 3.58. The van der Waals surface area contributed by atoms with Gasteiger partial charge in [-0.15, -0.1) is 6.58 Å². The van der Waals surface area contributed by atoms with Crippen LogP contribution in [-0.4, -0.2) is 110 Å². The number of carbonyl (C=O) groups excluding carboxylic acids is 1. The number of aliphatic carboxylic acids is 1. The summed E-state index contributed by atoms with van der Waals surface area (Å²) in [7, 11) is 1.20. The van der Waals surface area contributed by atoms with Gasteiger partial charge in [0.25, 0.3) is 0 Å². The normalized spacial score (nSPS) is 35.6. The summed E-state index contributed by atoms with van der Waals surface area (Å²) in [6.45, 7) is 4.38. The largest absolute Gasteiger partial charge is 0.481 e. The number of nitrogens with one attached hydrogen (secondary N) is 1. The van der Waals surface area contributed by atoms with E-state index in [0.717, 1.165) is 29.1 Å². The second-order valence-electron chi connectivity index (χ2n) is 14.9. The van der Waals surface area contributed by atoms with Gasteiger partial charge in [-0.2, -0.15) is 0 Å². The van der Waals surface area contributed by atoms with E-state index in [1.165, 1.54) is 38.5 Å². The summed E-state index contributed by atoms with van der Waals surface area (Å²) in [5, 5.41) is 68.1. The minimum absolute atomic E-state index is 0.0467. The Morgan fingerprint density at radius 3 is 2.57 bits per heavy atom. The Hall–Kier alpha value is -3.04. The first kappa shape index (κ1) is 37.7. The molecule has 6 rings (SSSR count). The lowest BCUT2D eigenvalue weighted by molar-refractivity contribution is -0.434. The second kappa shape index (κ2) is 14.8. The van der Waals surface area contributed by atoms with Crippen LogP contribution in [0, 0.1) is 17.8 Å². The number of aromatic amines is 1. The van der Waals surface area contributed by atoms with Crippen LogP contribution >= 0.6 is 0 Å². The first-order chi connectivity index (χ1) is 24.4. The summed E-state index contributed by atoms with van der Waals surface area (Å²) in [5.41, 5.74) is -2.20. The molecule has 1 spiro atoms. The molecule has 3 aliphatic carbocycles. The quantitative estimate of drug-likeness (QED) is 0.114. The van der Waals surface area contributed by atoms with E-state index < -0.39 is 78.7 Å². The fourth-order valence-electron chi connectivity index (χ4n) is 9.63. The van der Waals surface area contributed by atoms with Gasteiger partial charge in [0.15, 0.2) is 11.2 Å². The summed E-state index contributed by atoms with van der Waals surface area (Å²) < 4.78 is 24.7. The Bertz CT molecular complexity index is 1650. The molecule has 9 atom stereocenters. The maximum Gasteiger partial charge on any atom is 0.333 e. The van der Waals surface area contributed by atoms with Crippen molar-refractivity contribution in [2.75, 3.05) is 26.9 Å².